The van der Waals surface area contributed by atoms with Crippen LogP contribution in [0.4, 0.5) is 17.1 Å². The normalized spacial score (nSPS) is 12.9. The second-order valence-electron chi connectivity index (χ2n) is 8.07. The van der Waals surface area contributed by atoms with E-state index in [1.165, 1.54) is 17.8 Å². The zero-order valence-corrected chi connectivity index (χ0v) is 22.2. The van der Waals surface area contributed by atoms with Gasteiger partial charge in [0.1, 0.15) is 0 Å². The van der Waals surface area contributed by atoms with Gasteiger partial charge < -0.3 is 5.32 Å². The second-order valence-corrected chi connectivity index (χ2v) is 11.4. The van der Waals surface area contributed by atoms with Crippen molar-refractivity contribution >= 4 is 75.6 Å². The smallest absolute Gasteiger partial charge is 0.257 e. The molecule has 36 heavy (non-hydrogen) atoms. The predicted octanol–water partition coefficient (Wildman–Crippen LogP) is 8.56. The number of carbonyl (C=O) groups is 2. The lowest BCUT2D eigenvalue weighted by Crippen LogP contribution is -2.34. The number of rotatable bonds is 5. The monoisotopic (exact) mass is 550 g/mol. The Labute approximate surface area is 228 Å². The van der Waals surface area contributed by atoms with Crippen LogP contribution in [-0.4, -0.2) is 17.1 Å². The first-order valence-electron chi connectivity index (χ1n) is 11.1. The third kappa shape index (κ3) is 5.13. The van der Waals surface area contributed by atoms with E-state index in [0.29, 0.717) is 21.3 Å². The molecule has 1 N–H and O–H groups in total. The summed E-state index contributed by atoms with van der Waals surface area (Å²) in [4.78, 5) is 31.1. The summed E-state index contributed by atoms with van der Waals surface area (Å²) in [7, 11) is 0. The van der Waals surface area contributed by atoms with E-state index in [1.54, 1.807) is 23.9 Å². The van der Waals surface area contributed by atoms with Crippen molar-refractivity contribution in [1.29, 1.82) is 0 Å². The van der Waals surface area contributed by atoms with Crippen molar-refractivity contribution in [3.63, 3.8) is 0 Å². The molecule has 0 aliphatic carbocycles. The van der Waals surface area contributed by atoms with Gasteiger partial charge in [-0.15, -0.1) is 11.8 Å². The molecule has 4 aromatic carbocycles. The summed E-state index contributed by atoms with van der Waals surface area (Å²) in [5.41, 5.74) is 2.78. The molecule has 0 saturated carbocycles. The number of para-hydroxylation sites is 2. The van der Waals surface area contributed by atoms with Crippen molar-refractivity contribution in [1.82, 2.24) is 0 Å². The number of halogens is 2. The van der Waals surface area contributed by atoms with Crippen LogP contribution in [0.3, 0.4) is 0 Å². The number of hydrogen-bond acceptors (Lipinski definition) is 4. The molecule has 0 radical (unpaired) electrons. The van der Waals surface area contributed by atoms with Crippen molar-refractivity contribution in [2.75, 3.05) is 10.2 Å². The molecule has 0 aromatic heterocycles. The molecule has 180 valence electrons. The lowest BCUT2D eigenvalue weighted by molar-refractivity contribution is -0.117. The molecule has 0 spiro atoms. The molecule has 1 aliphatic heterocycles. The minimum absolute atomic E-state index is 0.00922. The number of nitrogens with one attached hydrogen (secondary N) is 1. The highest BCUT2D eigenvalue weighted by Gasteiger charge is 2.31. The molecule has 0 saturated heterocycles. The summed E-state index contributed by atoms with van der Waals surface area (Å²) in [5.74, 6) is -0.309. The van der Waals surface area contributed by atoms with Gasteiger partial charge in [-0.3, -0.25) is 14.5 Å². The third-order valence-corrected chi connectivity index (χ3v) is 8.38. The van der Waals surface area contributed by atoms with Gasteiger partial charge in [0.2, 0.25) is 5.91 Å². The summed E-state index contributed by atoms with van der Waals surface area (Å²) in [6, 6.07) is 28.1. The number of anilines is 3. The Kier molecular flexibility index (Phi) is 7.30. The number of hydrogen-bond donors (Lipinski definition) is 1. The fourth-order valence-electron chi connectivity index (χ4n) is 3.87. The highest BCUT2D eigenvalue weighted by Crippen LogP contribution is 2.48. The third-order valence-electron chi connectivity index (χ3n) is 5.60. The number of fused-ring (bicyclic) bond motifs is 2. The van der Waals surface area contributed by atoms with Crippen LogP contribution < -0.4 is 10.2 Å². The van der Waals surface area contributed by atoms with Gasteiger partial charge in [-0.1, -0.05) is 59.2 Å². The van der Waals surface area contributed by atoms with E-state index in [-0.39, 0.29) is 17.1 Å². The van der Waals surface area contributed by atoms with Gasteiger partial charge >= 0.3 is 0 Å². The van der Waals surface area contributed by atoms with Crippen LogP contribution in [0, 0.1) is 0 Å². The van der Waals surface area contributed by atoms with Gasteiger partial charge in [0, 0.05) is 25.4 Å². The molecule has 0 fully saturated rings. The van der Waals surface area contributed by atoms with E-state index in [0.717, 1.165) is 26.1 Å². The van der Waals surface area contributed by atoms with Gasteiger partial charge in [-0.2, -0.15) is 0 Å². The van der Waals surface area contributed by atoms with Crippen LogP contribution in [0.15, 0.2) is 106 Å². The fraction of sp³-hybridized carbons (Fsp3) is 0.0714. The molecule has 1 heterocycles. The molecular weight excluding hydrogens is 531 g/mol. The average molecular weight is 552 g/mol. The summed E-state index contributed by atoms with van der Waals surface area (Å²) in [5, 5.41) is 3.27. The standard InChI is InChI=1S/C28H20Cl2N2O2S2/c1-17(28(34)32-23-6-2-4-8-25(23)36-26-9-5-3-7-24(26)32)35-20-13-11-19(12-14-20)31-27(33)21-15-10-18(29)16-22(21)30/h2-17H,1H3,(H,31,33). The van der Waals surface area contributed by atoms with Crippen LogP contribution >= 0.6 is 46.7 Å². The topological polar surface area (TPSA) is 49.4 Å². The van der Waals surface area contributed by atoms with Crippen molar-refractivity contribution in [3.05, 3.63) is 107 Å². The Bertz CT molecular complexity index is 1410. The Morgan fingerprint density at radius 2 is 1.47 bits per heavy atom. The van der Waals surface area contributed by atoms with Crippen LogP contribution in [0.5, 0.6) is 0 Å². The van der Waals surface area contributed by atoms with Gasteiger partial charge in [0.15, 0.2) is 0 Å². The second kappa shape index (κ2) is 10.6. The lowest BCUT2D eigenvalue weighted by atomic mass is 10.2. The fourth-order valence-corrected chi connectivity index (χ4v) is 6.33. The zero-order chi connectivity index (χ0) is 25.2. The predicted molar refractivity (Wildman–Crippen MR) is 150 cm³/mol. The Balaban J connectivity index is 1.30. The SMILES string of the molecule is CC(Sc1ccc(NC(=O)c2ccc(Cl)cc2Cl)cc1)C(=O)N1c2ccccc2Sc2ccccc21. The van der Waals surface area contributed by atoms with E-state index in [1.807, 2.05) is 84.6 Å². The van der Waals surface area contributed by atoms with E-state index in [9.17, 15) is 9.59 Å². The molecule has 2 amide bonds. The van der Waals surface area contributed by atoms with Crippen molar-refractivity contribution in [2.45, 2.75) is 26.9 Å². The summed E-state index contributed by atoms with van der Waals surface area (Å²) in [6.45, 7) is 1.91. The average Bonchev–Trinajstić information content (AvgIpc) is 2.88. The van der Waals surface area contributed by atoms with Crippen LogP contribution in [-0.2, 0) is 4.79 Å². The number of nitrogens with zero attached hydrogens (tertiary/aromatic N) is 1. The maximum Gasteiger partial charge on any atom is 0.257 e. The van der Waals surface area contributed by atoms with E-state index in [4.69, 9.17) is 23.2 Å². The number of amides is 2. The molecule has 1 unspecified atom stereocenters. The van der Waals surface area contributed by atoms with Gasteiger partial charge in [-0.05, 0) is 73.7 Å². The van der Waals surface area contributed by atoms with Gasteiger partial charge in [-0.25, -0.2) is 0 Å². The zero-order valence-electron chi connectivity index (χ0n) is 19.1. The minimum atomic E-state index is -0.331. The molecule has 1 aliphatic rings. The molecule has 4 aromatic rings. The van der Waals surface area contributed by atoms with E-state index in [2.05, 4.69) is 5.32 Å². The number of benzene rings is 4. The minimum Gasteiger partial charge on any atom is -0.322 e. The highest BCUT2D eigenvalue weighted by molar-refractivity contribution is 8.00. The van der Waals surface area contributed by atoms with Crippen molar-refractivity contribution in [2.24, 2.45) is 0 Å². The molecular formula is C28H20Cl2N2O2S2. The Morgan fingerprint density at radius 1 is 0.861 bits per heavy atom. The molecule has 1 atom stereocenters. The van der Waals surface area contributed by atoms with Crippen LogP contribution in [0.25, 0.3) is 0 Å². The first-order chi connectivity index (χ1) is 17.4. The maximum atomic E-state index is 13.7. The van der Waals surface area contributed by atoms with E-state index < -0.39 is 0 Å². The lowest BCUT2D eigenvalue weighted by Gasteiger charge is -2.32. The molecule has 5 rings (SSSR count). The first-order valence-corrected chi connectivity index (χ1v) is 13.6. The van der Waals surface area contributed by atoms with E-state index >= 15 is 0 Å². The molecule has 8 heteroatoms. The Morgan fingerprint density at radius 3 is 2.08 bits per heavy atom. The molecule has 4 nitrogen and oxygen atoms in total. The first kappa shape index (κ1) is 24.8. The maximum absolute atomic E-state index is 13.7. The quantitative estimate of drug-likeness (QED) is 0.253. The summed E-state index contributed by atoms with van der Waals surface area (Å²) < 4.78 is 0. The van der Waals surface area contributed by atoms with Crippen molar-refractivity contribution in [3.8, 4) is 0 Å². The largest absolute Gasteiger partial charge is 0.322 e. The van der Waals surface area contributed by atoms with Gasteiger partial charge in [0.05, 0.1) is 27.2 Å². The highest BCUT2D eigenvalue weighted by atomic mass is 35.5. The number of carbonyl (C=O) groups excluding carboxylic acids is 2. The van der Waals surface area contributed by atoms with Crippen LogP contribution in [0.1, 0.15) is 17.3 Å². The van der Waals surface area contributed by atoms with Gasteiger partial charge in [0.25, 0.3) is 5.91 Å². The summed E-state index contributed by atoms with van der Waals surface area (Å²) >= 11 is 15.2. The Hall–Kier alpha value is -2.90. The summed E-state index contributed by atoms with van der Waals surface area (Å²) in [6.07, 6.45) is 0. The van der Waals surface area contributed by atoms with Crippen molar-refractivity contribution < 1.29 is 9.59 Å². The molecule has 0 bridgehead atoms. The van der Waals surface area contributed by atoms with Crippen LogP contribution in [0.2, 0.25) is 10.0 Å². The number of thioether (sulfide) groups is 1.